The van der Waals surface area contributed by atoms with Gasteiger partial charge in [-0.05, 0) is 25.5 Å². The number of halogens is 1. The second-order valence-corrected chi connectivity index (χ2v) is 5.82. The second-order valence-electron chi connectivity index (χ2n) is 3.31. The largest absolute Gasteiger partial charge is 0.240 e. The maximum Gasteiger partial charge on any atom is 0.240 e. The molecule has 0 saturated carbocycles. The molecule has 84 valence electrons. The fourth-order valence-electron chi connectivity index (χ4n) is 1.16. The number of nitrogens with one attached hydrogen (secondary N) is 1. The van der Waals surface area contributed by atoms with Crippen molar-refractivity contribution < 1.29 is 8.42 Å². The van der Waals surface area contributed by atoms with Crippen molar-refractivity contribution in [3.63, 3.8) is 0 Å². The minimum atomic E-state index is -3.35. The molecule has 0 aliphatic carbocycles. The first kappa shape index (κ1) is 12.7. The summed E-state index contributed by atoms with van der Waals surface area (Å²) in [6, 6.07) is 8.33. The van der Waals surface area contributed by atoms with Crippen molar-refractivity contribution in [2.45, 2.75) is 24.3 Å². The lowest BCUT2D eigenvalue weighted by Gasteiger charge is -2.12. The molecule has 1 rings (SSSR count). The van der Waals surface area contributed by atoms with Crippen molar-refractivity contribution in [1.29, 1.82) is 0 Å². The maximum atomic E-state index is 11.8. The lowest BCUT2D eigenvalue weighted by Crippen LogP contribution is -2.32. The van der Waals surface area contributed by atoms with Gasteiger partial charge >= 0.3 is 0 Å². The van der Waals surface area contributed by atoms with E-state index in [1.165, 1.54) is 0 Å². The summed E-state index contributed by atoms with van der Waals surface area (Å²) in [4.78, 5) is 0.312. The van der Waals surface area contributed by atoms with Gasteiger partial charge in [0.15, 0.2) is 0 Å². The summed E-state index contributed by atoms with van der Waals surface area (Å²) < 4.78 is 26.2. The van der Waals surface area contributed by atoms with Gasteiger partial charge in [-0.25, -0.2) is 13.1 Å². The molecule has 1 aromatic rings. The molecule has 1 N–H and O–H groups in total. The number of hydrogen-bond acceptors (Lipinski definition) is 2. The van der Waals surface area contributed by atoms with Crippen LogP contribution in [0.5, 0.6) is 0 Å². The van der Waals surface area contributed by atoms with Crippen LogP contribution >= 0.6 is 15.9 Å². The molecule has 0 aromatic heterocycles. The maximum absolute atomic E-state index is 11.8. The van der Waals surface area contributed by atoms with Crippen LogP contribution in [0.15, 0.2) is 35.2 Å². The van der Waals surface area contributed by atoms with Gasteiger partial charge in [-0.1, -0.05) is 34.1 Å². The van der Waals surface area contributed by atoms with Crippen LogP contribution in [0.4, 0.5) is 0 Å². The Balaban J connectivity index is 2.77. The van der Waals surface area contributed by atoms with E-state index in [-0.39, 0.29) is 6.04 Å². The van der Waals surface area contributed by atoms with E-state index >= 15 is 0 Å². The molecular formula is C10H14BrNO2S. The summed E-state index contributed by atoms with van der Waals surface area (Å²) in [5.74, 6) is 0. The normalized spacial score (nSPS) is 13.7. The van der Waals surface area contributed by atoms with Gasteiger partial charge in [0, 0.05) is 11.4 Å². The lowest BCUT2D eigenvalue weighted by molar-refractivity contribution is 0.557. The fourth-order valence-corrected chi connectivity index (χ4v) is 3.14. The molecule has 5 heteroatoms. The minimum absolute atomic E-state index is 0.0606. The second kappa shape index (κ2) is 5.63. The molecule has 0 saturated heterocycles. The van der Waals surface area contributed by atoms with Gasteiger partial charge in [0.25, 0.3) is 0 Å². The first-order chi connectivity index (χ1) is 7.06. The molecule has 3 nitrogen and oxygen atoms in total. The first-order valence-corrected chi connectivity index (χ1v) is 7.30. The van der Waals surface area contributed by atoms with Crippen molar-refractivity contribution in [1.82, 2.24) is 4.72 Å². The van der Waals surface area contributed by atoms with Crippen LogP contribution in [-0.4, -0.2) is 19.8 Å². The molecule has 15 heavy (non-hydrogen) atoms. The predicted molar refractivity (Wildman–Crippen MR) is 64.6 cm³/mol. The summed E-state index contributed by atoms with van der Waals surface area (Å²) in [7, 11) is -3.35. The number of rotatable bonds is 5. The summed E-state index contributed by atoms with van der Waals surface area (Å²) >= 11 is 3.28. The Hall–Kier alpha value is -0.390. The van der Waals surface area contributed by atoms with E-state index in [2.05, 4.69) is 20.7 Å². The Morgan fingerprint density at radius 1 is 1.33 bits per heavy atom. The molecule has 0 radical (unpaired) electrons. The van der Waals surface area contributed by atoms with Gasteiger partial charge in [0.2, 0.25) is 10.0 Å². The number of hydrogen-bond donors (Lipinski definition) is 1. The molecule has 0 spiro atoms. The van der Waals surface area contributed by atoms with Crippen molar-refractivity contribution in [2.75, 3.05) is 5.33 Å². The third-order valence-corrected chi connectivity index (χ3v) is 4.02. The van der Waals surface area contributed by atoms with Gasteiger partial charge in [-0.2, -0.15) is 0 Å². The van der Waals surface area contributed by atoms with Crippen LogP contribution in [0.25, 0.3) is 0 Å². The Kier molecular flexibility index (Phi) is 4.76. The van der Waals surface area contributed by atoms with E-state index < -0.39 is 10.0 Å². The van der Waals surface area contributed by atoms with Gasteiger partial charge in [0.1, 0.15) is 0 Å². The fraction of sp³-hybridized carbons (Fsp3) is 0.400. The standard InChI is InChI=1S/C10H14BrNO2S/c1-9(7-8-11)12-15(13,14)10-5-3-2-4-6-10/h2-6,9,12H,7-8H2,1H3. The lowest BCUT2D eigenvalue weighted by atomic mass is 10.3. The quantitative estimate of drug-likeness (QED) is 0.845. The highest BCUT2D eigenvalue weighted by Gasteiger charge is 2.15. The highest BCUT2D eigenvalue weighted by Crippen LogP contribution is 2.09. The molecule has 0 bridgehead atoms. The third kappa shape index (κ3) is 3.93. The van der Waals surface area contributed by atoms with Crippen LogP contribution < -0.4 is 4.72 Å². The zero-order chi connectivity index (χ0) is 11.3. The van der Waals surface area contributed by atoms with E-state index in [4.69, 9.17) is 0 Å². The van der Waals surface area contributed by atoms with Gasteiger partial charge in [-0.15, -0.1) is 0 Å². The van der Waals surface area contributed by atoms with Crippen molar-refractivity contribution >= 4 is 26.0 Å². The van der Waals surface area contributed by atoms with Crippen LogP contribution in [0, 0.1) is 0 Å². The number of benzene rings is 1. The summed E-state index contributed by atoms with van der Waals surface area (Å²) in [6.07, 6.45) is 0.770. The van der Waals surface area contributed by atoms with Crippen LogP contribution in [0.1, 0.15) is 13.3 Å². The molecule has 0 aliphatic heterocycles. The summed E-state index contributed by atoms with van der Waals surface area (Å²) in [5, 5.41) is 0.783. The summed E-state index contributed by atoms with van der Waals surface area (Å²) in [5.41, 5.74) is 0. The predicted octanol–water partition coefficient (Wildman–Crippen LogP) is 2.14. The Morgan fingerprint density at radius 2 is 1.93 bits per heavy atom. The monoisotopic (exact) mass is 291 g/mol. The highest BCUT2D eigenvalue weighted by molar-refractivity contribution is 9.09. The summed E-state index contributed by atoms with van der Waals surface area (Å²) in [6.45, 7) is 1.85. The van der Waals surface area contributed by atoms with Gasteiger partial charge < -0.3 is 0 Å². The van der Waals surface area contributed by atoms with Crippen molar-refractivity contribution in [3.05, 3.63) is 30.3 Å². The van der Waals surface area contributed by atoms with E-state index in [0.29, 0.717) is 4.90 Å². The molecular weight excluding hydrogens is 278 g/mol. The molecule has 0 aliphatic rings. The number of alkyl halides is 1. The highest BCUT2D eigenvalue weighted by atomic mass is 79.9. The Bertz CT molecular complexity index is 391. The SMILES string of the molecule is CC(CCBr)NS(=O)(=O)c1ccccc1. The average Bonchev–Trinajstić information content (AvgIpc) is 2.18. The molecule has 0 fully saturated rings. The molecule has 0 heterocycles. The van der Waals surface area contributed by atoms with Crippen LogP contribution in [0.3, 0.4) is 0 Å². The zero-order valence-electron chi connectivity index (χ0n) is 8.48. The molecule has 1 aromatic carbocycles. The number of sulfonamides is 1. The first-order valence-electron chi connectivity index (χ1n) is 4.69. The van der Waals surface area contributed by atoms with E-state index in [9.17, 15) is 8.42 Å². The van der Waals surface area contributed by atoms with E-state index in [1.54, 1.807) is 30.3 Å². The van der Waals surface area contributed by atoms with Crippen LogP contribution in [-0.2, 0) is 10.0 Å². The van der Waals surface area contributed by atoms with E-state index in [1.807, 2.05) is 6.92 Å². The average molecular weight is 292 g/mol. The molecule has 1 atom stereocenters. The molecule has 0 amide bonds. The van der Waals surface area contributed by atoms with Crippen molar-refractivity contribution in [2.24, 2.45) is 0 Å². The zero-order valence-corrected chi connectivity index (χ0v) is 10.9. The Labute approximate surface area is 99.1 Å². The van der Waals surface area contributed by atoms with E-state index in [0.717, 1.165) is 11.8 Å². The topological polar surface area (TPSA) is 46.2 Å². The van der Waals surface area contributed by atoms with Crippen LogP contribution in [0.2, 0.25) is 0 Å². The third-order valence-electron chi connectivity index (χ3n) is 1.95. The van der Waals surface area contributed by atoms with Gasteiger partial charge in [-0.3, -0.25) is 0 Å². The van der Waals surface area contributed by atoms with Gasteiger partial charge in [0.05, 0.1) is 4.90 Å². The molecule has 1 unspecified atom stereocenters. The Morgan fingerprint density at radius 3 is 2.47 bits per heavy atom. The van der Waals surface area contributed by atoms with Crippen molar-refractivity contribution in [3.8, 4) is 0 Å². The minimum Gasteiger partial charge on any atom is -0.208 e. The smallest absolute Gasteiger partial charge is 0.208 e.